The SMILES string of the molecule is CCS(=O)(=O)CCNC(=O)c1ccc(C)n1C(F)F. The Hall–Kier alpha value is -1.44. The number of aryl methyl sites for hydroxylation is 1. The molecule has 5 nitrogen and oxygen atoms in total. The Morgan fingerprint density at radius 2 is 2.05 bits per heavy atom. The minimum absolute atomic E-state index is 0.0185. The predicted octanol–water partition coefficient (Wildman–Crippen LogP) is 1.36. The molecule has 0 saturated carbocycles. The molecule has 0 atom stereocenters. The monoisotopic (exact) mass is 294 g/mol. The summed E-state index contributed by atoms with van der Waals surface area (Å²) >= 11 is 0. The molecule has 19 heavy (non-hydrogen) atoms. The number of sulfone groups is 1. The van der Waals surface area contributed by atoms with Crippen LogP contribution in [0.15, 0.2) is 12.1 Å². The van der Waals surface area contributed by atoms with E-state index in [1.165, 1.54) is 26.0 Å². The van der Waals surface area contributed by atoms with Gasteiger partial charge in [-0.05, 0) is 19.1 Å². The third kappa shape index (κ3) is 4.02. The maximum atomic E-state index is 12.7. The van der Waals surface area contributed by atoms with Crippen LogP contribution < -0.4 is 5.32 Å². The highest BCUT2D eigenvalue weighted by Crippen LogP contribution is 2.18. The number of rotatable bonds is 6. The summed E-state index contributed by atoms with van der Waals surface area (Å²) in [4.78, 5) is 11.7. The standard InChI is InChI=1S/C11H16F2N2O3S/c1-3-19(17,18)7-6-14-10(16)9-5-4-8(2)15(9)11(12)13/h4-5,11H,3,6-7H2,1-2H3,(H,14,16). The summed E-state index contributed by atoms with van der Waals surface area (Å²) in [7, 11) is -3.19. The van der Waals surface area contributed by atoms with E-state index < -0.39 is 22.3 Å². The Kier molecular flexibility index (Phi) is 5.04. The van der Waals surface area contributed by atoms with Gasteiger partial charge in [0, 0.05) is 18.0 Å². The highest BCUT2D eigenvalue weighted by molar-refractivity contribution is 7.91. The van der Waals surface area contributed by atoms with Crippen molar-refractivity contribution in [3.8, 4) is 0 Å². The van der Waals surface area contributed by atoms with Gasteiger partial charge in [-0.1, -0.05) is 6.92 Å². The molecule has 0 saturated heterocycles. The largest absolute Gasteiger partial charge is 0.350 e. The fraction of sp³-hybridized carbons (Fsp3) is 0.545. The van der Waals surface area contributed by atoms with E-state index in [0.29, 0.717) is 4.57 Å². The third-order valence-electron chi connectivity index (χ3n) is 2.69. The molecule has 108 valence electrons. The number of hydrogen-bond donors (Lipinski definition) is 1. The van der Waals surface area contributed by atoms with Crippen LogP contribution in [0.3, 0.4) is 0 Å². The Labute approximate surface area is 110 Å². The van der Waals surface area contributed by atoms with Gasteiger partial charge in [-0.3, -0.25) is 9.36 Å². The van der Waals surface area contributed by atoms with Crippen LogP contribution in [0, 0.1) is 6.92 Å². The average Bonchev–Trinajstić information content (AvgIpc) is 2.71. The Morgan fingerprint density at radius 3 is 2.58 bits per heavy atom. The number of halogens is 2. The van der Waals surface area contributed by atoms with Crippen molar-refractivity contribution in [2.45, 2.75) is 20.4 Å². The molecule has 0 bridgehead atoms. The van der Waals surface area contributed by atoms with Crippen LogP contribution in [0.5, 0.6) is 0 Å². The van der Waals surface area contributed by atoms with E-state index in [1.807, 2.05) is 0 Å². The Balaban J connectivity index is 2.70. The van der Waals surface area contributed by atoms with Crippen LogP contribution in [0.1, 0.15) is 29.7 Å². The van der Waals surface area contributed by atoms with Crippen LogP contribution in [-0.4, -0.2) is 36.9 Å². The molecular formula is C11H16F2N2O3S. The zero-order valence-electron chi connectivity index (χ0n) is 10.7. The molecule has 8 heteroatoms. The van der Waals surface area contributed by atoms with Crippen LogP contribution >= 0.6 is 0 Å². The van der Waals surface area contributed by atoms with Gasteiger partial charge in [0.15, 0.2) is 9.84 Å². The number of carbonyl (C=O) groups excluding carboxylic acids is 1. The number of aromatic nitrogens is 1. The molecule has 0 aliphatic rings. The summed E-state index contributed by atoms with van der Waals surface area (Å²) in [5.74, 6) is -0.932. The van der Waals surface area contributed by atoms with Crippen molar-refractivity contribution in [2.24, 2.45) is 0 Å². The Morgan fingerprint density at radius 1 is 1.42 bits per heavy atom. The van der Waals surface area contributed by atoms with Gasteiger partial charge in [0.25, 0.3) is 5.91 Å². The van der Waals surface area contributed by atoms with E-state index in [1.54, 1.807) is 0 Å². The first kappa shape index (κ1) is 15.6. The molecule has 1 heterocycles. The number of hydrogen-bond acceptors (Lipinski definition) is 3. The van der Waals surface area contributed by atoms with E-state index in [-0.39, 0.29) is 29.4 Å². The van der Waals surface area contributed by atoms with Crippen molar-refractivity contribution >= 4 is 15.7 Å². The zero-order valence-corrected chi connectivity index (χ0v) is 11.5. The molecular weight excluding hydrogens is 278 g/mol. The molecule has 1 N–H and O–H groups in total. The van der Waals surface area contributed by atoms with Crippen molar-refractivity contribution in [3.05, 3.63) is 23.5 Å². The van der Waals surface area contributed by atoms with Crippen molar-refractivity contribution in [3.63, 3.8) is 0 Å². The fourth-order valence-electron chi connectivity index (χ4n) is 1.55. The topological polar surface area (TPSA) is 68.2 Å². The van der Waals surface area contributed by atoms with Gasteiger partial charge >= 0.3 is 6.55 Å². The van der Waals surface area contributed by atoms with Gasteiger partial charge in [-0.25, -0.2) is 8.42 Å². The molecule has 1 aromatic rings. The molecule has 0 spiro atoms. The summed E-state index contributed by atoms with van der Waals surface area (Å²) in [5, 5.41) is 2.33. The molecule has 1 amide bonds. The van der Waals surface area contributed by atoms with Crippen LogP contribution in [0.4, 0.5) is 8.78 Å². The smallest absolute Gasteiger partial charge is 0.319 e. The number of nitrogens with one attached hydrogen (secondary N) is 1. The summed E-state index contributed by atoms with van der Waals surface area (Å²) in [6, 6.07) is 2.69. The zero-order chi connectivity index (χ0) is 14.6. The summed E-state index contributed by atoms with van der Waals surface area (Å²) in [5.41, 5.74) is 0.0859. The van der Waals surface area contributed by atoms with Gasteiger partial charge in [0.2, 0.25) is 0 Å². The fourth-order valence-corrected chi connectivity index (χ4v) is 2.25. The lowest BCUT2D eigenvalue weighted by atomic mass is 10.4. The number of alkyl halides is 2. The van der Waals surface area contributed by atoms with Crippen LogP contribution in [0.2, 0.25) is 0 Å². The van der Waals surface area contributed by atoms with Crippen molar-refractivity contribution in [1.82, 2.24) is 9.88 Å². The maximum Gasteiger partial charge on any atom is 0.319 e. The van der Waals surface area contributed by atoms with E-state index in [2.05, 4.69) is 5.32 Å². The first-order valence-electron chi connectivity index (χ1n) is 5.73. The first-order valence-corrected chi connectivity index (χ1v) is 7.55. The highest BCUT2D eigenvalue weighted by atomic mass is 32.2. The average molecular weight is 294 g/mol. The van der Waals surface area contributed by atoms with Crippen molar-refractivity contribution in [2.75, 3.05) is 18.1 Å². The van der Waals surface area contributed by atoms with Gasteiger partial charge < -0.3 is 5.32 Å². The van der Waals surface area contributed by atoms with E-state index in [0.717, 1.165) is 0 Å². The second-order valence-electron chi connectivity index (χ2n) is 4.00. The number of amides is 1. The summed E-state index contributed by atoms with van der Waals surface area (Å²) in [6.45, 7) is 0.0604. The first-order chi connectivity index (χ1) is 8.78. The van der Waals surface area contributed by atoms with Crippen LogP contribution in [-0.2, 0) is 9.84 Å². The summed E-state index contributed by atoms with van der Waals surface area (Å²) in [6.07, 6.45) is 0. The molecule has 0 fully saturated rings. The van der Waals surface area contributed by atoms with Gasteiger partial charge in [0.05, 0.1) is 5.75 Å². The maximum absolute atomic E-state index is 12.7. The lowest BCUT2D eigenvalue weighted by molar-refractivity contribution is 0.0618. The molecule has 0 aliphatic carbocycles. The minimum atomic E-state index is -3.19. The van der Waals surface area contributed by atoms with E-state index in [4.69, 9.17) is 0 Å². The van der Waals surface area contributed by atoms with Crippen LogP contribution in [0.25, 0.3) is 0 Å². The van der Waals surface area contributed by atoms with Gasteiger partial charge in [-0.15, -0.1) is 0 Å². The highest BCUT2D eigenvalue weighted by Gasteiger charge is 2.19. The normalized spacial score (nSPS) is 11.8. The molecule has 0 aromatic carbocycles. The quantitative estimate of drug-likeness (QED) is 0.861. The minimum Gasteiger partial charge on any atom is -0.350 e. The van der Waals surface area contributed by atoms with E-state index >= 15 is 0 Å². The van der Waals surface area contributed by atoms with E-state index in [9.17, 15) is 22.0 Å². The van der Waals surface area contributed by atoms with Crippen molar-refractivity contribution in [1.29, 1.82) is 0 Å². The second-order valence-corrected chi connectivity index (χ2v) is 6.47. The Bertz CT molecular complexity index is 552. The number of carbonyl (C=O) groups is 1. The predicted molar refractivity (Wildman–Crippen MR) is 67.1 cm³/mol. The lowest BCUT2D eigenvalue weighted by Crippen LogP contribution is -2.31. The van der Waals surface area contributed by atoms with Gasteiger partial charge in [0.1, 0.15) is 5.69 Å². The third-order valence-corrected chi connectivity index (χ3v) is 4.39. The van der Waals surface area contributed by atoms with Gasteiger partial charge in [-0.2, -0.15) is 8.78 Å². The lowest BCUT2D eigenvalue weighted by Gasteiger charge is -2.10. The molecule has 0 radical (unpaired) electrons. The molecule has 1 aromatic heterocycles. The second kappa shape index (κ2) is 6.14. The molecule has 0 aliphatic heterocycles. The van der Waals surface area contributed by atoms with Crippen molar-refractivity contribution < 1.29 is 22.0 Å². The number of nitrogens with zero attached hydrogens (tertiary/aromatic N) is 1. The molecule has 0 unspecified atom stereocenters. The molecule has 1 rings (SSSR count). The summed E-state index contributed by atoms with van der Waals surface area (Å²) < 4.78 is 48.5.